The van der Waals surface area contributed by atoms with Crippen LogP contribution in [0.25, 0.3) is 5.70 Å². The Morgan fingerprint density at radius 1 is 0.950 bits per heavy atom. The molecule has 0 radical (unpaired) electrons. The van der Waals surface area contributed by atoms with Crippen LogP contribution in [-0.4, -0.2) is 31.2 Å². The second kappa shape index (κ2) is 4.92. The van der Waals surface area contributed by atoms with Crippen molar-refractivity contribution >= 4 is 5.70 Å². The monoisotopic (exact) mass is 269 g/mol. The van der Waals surface area contributed by atoms with Crippen molar-refractivity contribution in [1.29, 1.82) is 0 Å². The average Bonchev–Trinajstić information content (AvgIpc) is 2.84. The zero-order chi connectivity index (χ0) is 13.4. The molecule has 0 unspecified atom stereocenters. The van der Waals surface area contributed by atoms with E-state index < -0.39 is 0 Å². The van der Waals surface area contributed by atoms with Crippen molar-refractivity contribution in [2.24, 2.45) is 0 Å². The molecule has 0 amide bonds. The van der Waals surface area contributed by atoms with Crippen LogP contribution in [-0.2, 0) is 10.2 Å². The highest BCUT2D eigenvalue weighted by atomic mass is 16.5. The van der Waals surface area contributed by atoms with Crippen molar-refractivity contribution in [1.82, 2.24) is 4.90 Å². The first kappa shape index (κ1) is 12.5. The van der Waals surface area contributed by atoms with Crippen molar-refractivity contribution in [2.45, 2.75) is 37.5 Å². The molecular weight excluding hydrogens is 246 g/mol. The summed E-state index contributed by atoms with van der Waals surface area (Å²) in [7, 11) is 0. The number of morpholine rings is 1. The van der Waals surface area contributed by atoms with Gasteiger partial charge in [0.15, 0.2) is 0 Å². The zero-order valence-corrected chi connectivity index (χ0v) is 12.1. The Balaban J connectivity index is 1.76. The first-order valence-corrected chi connectivity index (χ1v) is 8.05. The Morgan fingerprint density at radius 3 is 2.50 bits per heavy atom. The fourth-order valence-corrected chi connectivity index (χ4v) is 4.22. The van der Waals surface area contributed by atoms with Crippen LogP contribution in [0.15, 0.2) is 30.3 Å². The van der Waals surface area contributed by atoms with Crippen molar-refractivity contribution < 1.29 is 4.74 Å². The van der Waals surface area contributed by atoms with E-state index >= 15 is 0 Å². The number of allylic oxidation sites excluding steroid dienone is 1. The molecule has 0 bridgehead atoms. The topological polar surface area (TPSA) is 12.5 Å². The third kappa shape index (κ3) is 1.89. The molecule has 20 heavy (non-hydrogen) atoms. The Bertz CT molecular complexity index is 522. The van der Waals surface area contributed by atoms with Crippen molar-refractivity contribution in [2.75, 3.05) is 26.3 Å². The summed E-state index contributed by atoms with van der Waals surface area (Å²) < 4.78 is 5.52. The quantitative estimate of drug-likeness (QED) is 0.772. The van der Waals surface area contributed by atoms with E-state index in [2.05, 4.69) is 35.2 Å². The van der Waals surface area contributed by atoms with Crippen LogP contribution >= 0.6 is 0 Å². The van der Waals surface area contributed by atoms with Gasteiger partial charge in [0.25, 0.3) is 0 Å². The summed E-state index contributed by atoms with van der Waals surface area (Å²) in [5, 5.41) is 0. The highest BCUT2D eigenvalue weighted by molar-refractivity contribution is 5.75. The van der Waals surface area contributed by atoms with Gasteiger partial charge in [-0.1, -0.05) is 43.5 Å². The molecule has 3 aliphatic rings. The number of benzene rings is 1. The van der Waals surface area contributed by atoms with Crippen molar-refractivity contribution in [3.63, 3.8) is 0 Å². The zero-order valence-electron chi connectivity index (χ0n) is 12.1. The Morgan fingerprint density at radius 2 is 1.70 bits per heavy atom. The maximum absolute atomic E-state index is 5.52. The van der Waals surface area contributed by atoms with Crippen LogP contribution in [0.4, 0.5) is 0 Å². The fraction of sp³-hybridized carbons (Fsp3) is 0.556. The number of hydrogen-bond donors (Lipinski definition) is 0. The summed E-state index contributed by atoms with van der Waals surface area (Å²) in [4.78, 5) is 2.53. The summed E-state index contributed by atoms with van der Waals surface area (Å²) in [5.41, 5.74) is 4.88. The maximum atomic E-state index is 5.52. The first-order valence-electron chi connectivity index (χ1n) is 8.05. The van der Waals surface area contributed by atoms with Gasteiger partial charge in [-0.25, -0.2) is 0 Å². The lowest BCUT2D eigenvalue weighted by Gasteiger charge is -2.33. The van der Waals surface area contributed by atoms with E-state index in [-0.39, 0.29) is 0 Å². The van der Waals surface area contributed by atoms with Crippen LogP contribution in [0.2, 0.25) is 0 Å². The molecule has 1 aliphatic heterocycles. The average molecular weight is 269 g/mol. The van der Waals surface area contributed by atoms with Gasteiger partial charge in [0.05, 0.1) is 13.2 Å². The minimum Gasteiger partial charge on any atom is -0.378 e. The van der Waals surface area contributed by atoms with Gasteiger partial charge in [-0.2, -0.15) is 0 Å². The highest BCUT2D eigenvalue weighted by Gasteiger charge is 2.40. The standard InChI is InChI=1S/C18H23NO/c1-4-8-18(9-5-1)14-17(19-10-12-20-13-11-19)15-6-2-3-7-16(15)18/h2-3,6-7,14H,1,4-5,8-13H2. The van der Waals surface area contributed by atoms with E-state index in [0.29, 0.717) is 5.41 Å². The number of fused-ring (bicyclic) bond motifs is 2. The molecule has 1 saturated heterocycles. The van der Waals surface area contributed by atoms with E-state index in [1.165, 1.54) is 43.4 Å². The molecule has 4 rings (SSSR count). The molecule has 1 saturated carbocycles. The van der Waals surface area contributed by atoms with Crippen LogP contribution in [0, 0.1) is 0 Å². The van der Waals surface area contributed by atoms with E-state index in [1.54, 1.807) is 5.56 Å². The van der Waals surface area contributed by atoms with Gasteiger partial charge in [0, 0.05) is 29.8 Å². The van der Waals surface area contributed by atoms with E-state index in [9.17, 15) is 0 Å². The molecule has 0 aromatic heterocycles. The molecule has 1 aromatic carbocycles. The molecule has 2 aliphatic carbocycles. The predicted molar refractivity (Wildman–Crippen MR) is 81.6 cm³/mol. The molecule has 1 heterocycles. The molecule has 0 atom stereocenters. The molecule has 0 N–H and O–H groups in total. The molecular formula is C18H23NO. The van der Waals surface area contributed by atoms with Gasteiger partial charge in [-0.05, 0) is 24.5 Å². The molecule has 2 fully saturated rings. The first-order chi connectivity index (χ1) is 9.89. The van der Waals surface area contributed by atoms with Crippen molar-refractivity contribution in [3.8, 4) is 0 Å². The van der Waals surface area contributed by atoms with Gasteiger partial charge in [0.1, 0.15) is 0 Å². The number of hydrogen-bond acceptors (Lipinski definition) is 2. The van der Waals surface area contributed by atoms with Crippen LogP contribution in [0.3, 0.4) is 0 Å². The van der Waals surface area contributed by atoms with E-state index in [0.717, 1.165) is 26.3 Å². The van der Waals surface area contributed by atoms with Gasteiger partial charge in [-0.3, -0.25) is 0 Å². The number of ether oxygens (including phenoxy) is 1. The number of nitrogens with zero attached hydrogens (tertiary/aromatic N) is 1. The molecule has 1 aromatic rings. The van der Waals surface area contributed by atoms with Gasteiger partial charge >= 0.3 is 0 Å². The lowest BCUT2D eigenvalue weighted by molar-refractivity contribution is 0.0639. The third-order valence-electron chi connectivity index (χ3n) is 5.25. The Kier molecular flexibility index (Phi) is 3.07. The third-order valence-corrected chi connectivity index (χ3v) is 5.25. The minimum atomic E-state index is 0.336. The largest absolute Gasteiger partial charge is 0.378 e. The number of rotatable bonds is 1. The van der Waals surface area contributed by atoms with E-state index in [4.69, 9.17) is 4.74 Å². The van der Waals surface area contributed by atoms with Crippen LogP contribution in [0.5, 0.6) is 0 Å². The molecule has 106 valence electrons. The van der Waals surface area contributed by atoms with Crippen LogP contribution in [0.1, 0.15) is 43.2 Å². The highest BCUT2D eigenvalue weighted by Crippen LogP contribution is 2.49. The molecule has 2 heteroatoms. The normalized spacial score (nSPS) is 24.6. The second-order valence-electron chi connectivity index (χ2n) is 6.39. The Hall–Kier alpha value is -1.28. The van der Waals surface area contributed by atoms with Crippen molar-refractivity contribution in [3.05, 3.63) is 41.5 Å². The minimum absolute atomic E-state index is 0.336. The summed E-state index contributed by atoms with van der Waals surface area (Å²) in [5.74, 6) is 0. The summed E-state index contributed by atoms with van der Waals surface area (Å²) in [6.45, 7) is 3.81. The second-order valence-corrected chi connectivity index (χ2v) is 6.39. The SMILES string of the molecule is C1=C(N2CCOCC2)c2ccccc2C12CCCCC2. The van der Waals surface area contributed by atoms with Gasteiger partial charge in [-0.15, -0.1) is 0 Å². The smallest absolute Gasteiger partial charge is 0.0642 e. The van der Waals surface area contributed by atoms with E-state index in [1.807, 2.05) is 0 Å². The van der Waals surface area contributed by atoms with Gasteiger partial charge < -0.3 is 9.64 Å². The van der Waals surface area contributed by atoms with Crippen LogP contribution < -0.4 is 0 Å². The molecule has 2 nitrogen and oxygen atoms in total. The Labute approximate surface area is 121 Å². The lowest BCUT2D eigenvalue weighted by atomic mass is 9.71. The summed E-state index contributed by atoms with van der Waals surface area (Å²) in [6.07, 6.45) is 9.42. The fourth-order valence-electron chi connectivity index (χ4n) is 4.22. The summed E-state index contributed by atoms with van der Waals surface area (Å²) in [6, 6.07) is 9.09. The summed E-state index contributed by atoms with van der Waals surface area (Å²) >= 11 is 0. The lowest BCUT2D eigenvalue weighted by Crippen LogP contribution is -2.34. The predicted octanol–water partition coefficient (Wildman–Crippen LogP) is 3.58. The molecule has 1 spiro atoms. The van der Waals surface area contributed by atoms with Gasteiger partial charge in [0.2, 0.25) is 0 Å². The maximum Gasteiger partial charge on any atom is 0.0642 e.